The molecule has 2 nitrogen and oxygen atoms in total. The zero-order valence-electron chi connectivity index (χ0n) is 9.39. The first-order valence-electron chi connectivity index (χ1n) is 6.31. The van der Waals surface area contributed by atoms with Crippen molar-refractivity contribution in [2.45, 2.75) is 57.5 Å². The van der Waals surface area contributed by atoms with Crippen LogP contribution in [0.25, 0.3) is 0 Å². The van der Waals surface area contributed by atoms with Gasteiger partial charge in [0.15, 0.2) is 0 Å². The number of hydrogen-bond donors (Lipinski definition) is 2. The first-order chi connectivity index (χ1) is 6.84. The Labute approximate surface area is 87.8 Å². The molecule has 2 fully saturated rings. The van der Waals surface area contributed by atoms with Gasteiger partial charge in [-0.2, -0.15) is 0 Å². The van der Waals surface area contributed by atoms with Crippen molar-refractivity contribution in [3.05, 3.63) is 0 Å². The summed E-state index contributed by atoms with van der Waals surface area (Å²) in [7, 11) is 0. The third kappa shape index (κ3) is 2.96. The molecule has 0 spiro atoms. The summed E-state index contributed by atoms with van der Waals surface area (Å²) in [5.41, 5.74) is 0. The highest BCUT2D eigenvalue weighted by molar-refractivity contribution is 4.84. The average molecular weight is 196 g/mol. The second-order valence-corrected chi connectivity index (χ2v) is 5.18. The Morgan fingerprint density at radius 2 is 2.07 bits per heavy atom. The van der Waals surface area contributed by atoms with E-state index < -0.39 is 0 Å². The van der Waals surface area contributed by atoms with Crippen LogP contribution in [0.3, 0.4) is 0 Å². The monoisotopic (exact) mass is 196 g/mol. The summed E-state index contributed by atoms with van der Waals surface area (Å²) in [5, 5.41) is 7.32. The van der Waals surface area contributed by atoms with E-state index >= 15 is 0 Å². The van der Waals surface area contributed by atoms with Crippen molar-refractivity contribution in [3.8, 4) is 0 Å². The van der Waals surface area contributed by atoms with E-state index in [2.05, 4.69) is 17.6 Å². The van der Waals surface area contributed by atoms with Crippen molar-refractivity contribution in [2.24, 2.45) is 5.92 Å². The zero-order valence-corrected chi connectivity index (χ0v) is 9.39. The molecule has 2 N–H and O–H groups in total. The van der Waals surface area contributed by atoms with Gasteiger partial charge in [0, 0.05) is 18.6 Å². The molecule has 1 atom stereocenters. The molecule has 2 rings (SSSR count). The minimum absolute atomic E-state index is 0.744. The lowest BCUT2D eigenvalue weighted by Crippen LogP contribution is -2.46. The van der Waals surface area contributed by atoms with Gasteiger partial charge in [0.1, 0.15) is 0 Å². The van der Waals surface area contributed by atoms with Gasteiger partial charge in [0.05, 0.1) is 0 Å². The first kappa shape index (κ1) is 10.4. The van der Waals surface area contributed by atoms with Gasteiger partial charge in [-0.1, -0.05) is 19.8 Å². The highest BCUT2D eigenvalue weighted by atomic mass is 15.0. The Hall–Kier alpha value is -0.0800. The normalized spacial score (nSPS) is 38.8. The predicted octanol–water partition coefficient (Wildman–Crippen LogP) is 1.91. The highest BCUT2D eigenvalue weighted by Crippen LogP contribution is 2.26. The summed E-state index contributed by atoms with van der Waals surface area (Å²) >= 11 is 0. The lowest BCUT2D eigenvalue weighted by atomic mass is 9.82. The van der Waals surface area contributed by atoms with E-state index in [4.69, 9.17) is 0 Å². The van der Waals surface area contributed by atoms with E-state index in [0.717, 1.165) is 18.0 Å². The fraction of sp³-hybridized carbons (Fsp3) is 1.00. The van der Waals surface area contributed by atoms with E-state index in [1.165, 1.54) is 51.6 Å². The Kier molecular flexibility index (Phi) is 3.82. The molecule has 1 heterocycles. The Bertz CT molecular complexity index is 156. The molecule has 0 radical (unpaired) electrons. The highest BCUT2D eigenvalue weighted by Gasteiger charge is 2.25. The summed E-state index contributed by atoms with van der Waals surface area (Å²) in [6, 6.07) is 1.57. The summed E-state index contributed by atoms with van der Waals surface area (Å²) in [5.74, 6) is 0.967. The van der Waals surface area contributed by atoms with Crippen LogP contribution in [0.2, 0.25) is 0 Å². The van der Waals surface area contributed by atoms with E-state index in [0.29, 0.717) is 0 Å². The van der Waals surface area contributed by atoms with Crippen molar-refractivity contribution in [2.75, 3.05) is 13.1 Å². The molecule has 0 aromatic rings. The second kappa shape index (κ2) is 5.13. The molecule has 2 aliphatic rings. The van der Waals surface area contributed by atoms with E-state index in [-0.39, 0.29) is 0 Å². The Balaban J connectivity index is 1.59. The van der Waals surface area contributed by atoms with Gasteiger partial charge < -0.3 is 10.6 Å². The van der Waals surface area contributed by atoms with Crippen LogP contribution in [0.1, 0.15) is 45.4 Å². The van der Waals surface area contributed by atoms with Crippen LogP contribution < -0.4 is 10.6 Å². The molecule has 1 aliphatic heterocycles. The molecule has 0 bridgehead atoms. The van der Waals surface area contributed by atoms with Gasteiger partial charge in [-0.15, -0.1) is 0 Å². The molecular weight excluding hydrogens is 172 g/mol. The SMILES string of the molecule is CC1CC(NCC2CCCCCN2)C1. The topological polar surface area (TPSA) is 24.1 Å². The minimum atomic E-state index is 0.744. The standard InChI is InChI=1S/C12H24N2/c1-10-7-12(8-10)14-9-11-5-3-2-4-6-13-11/h10-14H,2-9H2,1H3. The third-order valence-corrected chi connectivity index (χ3v) is 3.69. The van der Waals surface area contributed by atoms with Gasteiger partial charge >= 0.3 is 0 Å². The largest absolute Gasteiger partial charge is 0.313 e. The van der Waals surface area contributed by atoms with Crippen LogP contribution >= 0.6 is 0 Å². The maximum Gasteiger partial charge on any atom is 0.0192 e. The van der Waals surface area contributed by atoms with Crippen molar-refractivity contribution in [3.63, 3.8) is 0 Å². The predicted molar refractivity (Wildman–Crippen MR) is 60.4 cm³/mol. The Morgan fingerprint density at radius 3 is 2.86 bits per heavy atom. The number of rotatable bonds is 3. The second-order valence-electron chi connectivity index (χ2n) is 5.18. The summed E-state index contributed by atoms with van der Waals surface area (Å²) < 4.78 is 0. The molecule has 1 saturated heterocycles. The lowest BCUT2D eigenvalue weighted by molar-refractivity contribution is 0.234. The van der Waals surface area contributed by atoms with Gasteiger partial charge in [-0.05, 0) is 38.1 Å². The maximum absolute atomic E-state index is 3.68. The molecule has 1 unspecified atom stereocenters. The molecule has 0 aromatic heterocycles. The fourth-order valence-corrected chi connectivity index (χ4v) is 2.65. The molecule has 14 heavy (non-hydrogen) atoms. The van der Waals surface area contributed by atoms with Gasteiger partial charge in [0.25, 0.3) is 0 Å². The summed E-state index contributed by atoms with van der Waals surface area (Å²) in [6.07, 6.45) is 8.37. The van der Waals surface area contributed by atoms with Crippen LogP contribution in [0.4, 0.5) is 0 Å². The molecule has 1 saturated carbocycles. The van der Waals surface area contributed by atoms with Gasteiger partial charge in [0.2, 0.25) is 0 Å². The average Bonchev–Trinajstić information content (AvgIpc) is 2.38. The first-order valence-corrected chi connectivity index (χ1v) is 6.31. The quantitative estimate of drug-likeness (QED) is 0.720. The van der Waals surface area contributed by atoms with Gasteiger partial charge in [-0.3, -0.25) is 0 Å². The minimum Gasteiger partial charge on any atom is -0.313 e. The molecule has 1 aliphatic carbocycles. The molecule has 2 heteroatoms. The molecule has 0 aromatic carbocycles. The number of nitrogens with one attached hydrogen (secondary N) is 2. The van der Waals surface area contributed by atoms with Crippen molar-refractivity contribution < 1.29 is 0 Å². The number of hydrogen-bond acceptors (Lipinski definition) is 2. The fourth-order valence-electron chi connectivity index (χ4n) is 2.65. The summed E-state index contributed by atoms with van der Waals surface area (Å²) in [4.78, 5) is 0. The van der Waals surface area contributed by atoms with Crippen LogP contribution in [-0.4, -0.2) is 25.2 Å². The van der Waals surface area contributed by atoms with E-state index in [9.17, 15) is 0 Å². The zero-order chi connectivity index (χ0) is 9.80. The van der Waals surface area contributed by atoms with E-state index in [1.54, 1.807) is 0 Å². The lowest BCUT2D eigenvalue weighted by Gasteiger charge is -2.34. The van der Waals surface area contributed by atoms with E-state index in [1.807, 2.05) is 0 Å². The van der Waals surface area contributed by atoms with Crippen molar-refractivity contribution in [1.29, 1.82) is 0 Å². The smallest absolute Gasteiger partial charge is 0.0192 e. The molecule has 82 valence electrons. The van der Waals surface area contributed by atoms with Crippen LogP contribution in [0, 0.1) is 5.92 Å². The van der Waals surface area contributed by atoms with Gasteiger partial charge in [-0.25, -0.2) is 0 Å². The molecule has 0 amide bonds. The maximum atomic E-state index is 3.68. The van der Waals surface area contributed by atoms with Crippen molar-refractivity contribution >= 4 is 0 Å². The summed E-state index contributed by atoms with van der Waals surface area (Å²) in [6.45, 7) is 4.77. The van der Waals surface area contributed by atoms with Crippen molar-refractivity contribution in [1.82, 2.24) is 10.6 Å². The third-order valence-electron chi connectivity index (χ3n) is 3.69. The van der Waals surface area contributed by atoms with Crippen LogP contribution in [0.15, 0.2) is 0 Å². The van der Waals surface area contributed by atoms with Crippen LogP contribution in [0.5, 0.6) is 0 Å². The van der Waals surface area contributed by atoms with Crippen LogP contribution in [-0.2, 0) is 0 Å². The Morgan fingerprint density at radius 1 is 1.21 bits per heavy atom. The molecular formula is C12H24N2.